The minimum atomic E-state index is -2.68. The van der Waals surface area contributed by atoms with Gasteiger partial charge in [-0.25, -0.2) is 13.8 Å². The number of carbonyl (C=O) groups is 1. The van der Waals surface area contributed by atoms with Crippen LogP contribution in [0.3, 0.4) is 0 Å². The Morgan fingerprint density at radius 2 is 2.04 bits per heavy atom. The fourth-order valence-corrected chi connectivity index (χ4v) is 3.84. The Labute approximate surface area is 152 Å². The van der Waals surface area contributed by atoms with Crippen molar-refractivity contribution in [2.45, 2.75) is 18.8 Å². The number of pyridine rings is 1. The van der Waals surface area contributed by atoms with E-state index < -0.39 is 5.92 Å². The Morgan fingerprint density at radius 3 is 2.73 bits per heavy atom. The number of aromatic nitrogens is 2. The normalized spacial score (nSPS) is 16.6. The zero-order chi connectivity index (χ0) is 18.3. The van der Waals surface area contributed by atoms with Crippen molar-refractivity contribution in [2.24, 2.45) is 0 Å². The largest absolute Gasteiger partial charge is 0.338 e. The highest BCUT2D eigenvalue weighted by Crippen LogP contribution is 2.29. The quantitative estimate of drug-likeness (QED) is 0.687. The van der Waals surface area contributed by atoms with E-state index in [9.17, 15) is 13.6 Å². The van der Waals surface area contributed by atoms with Gasteiger partial charge in [0.25, 0.3) is 11.8 Å². The number of rotatable bonds is 2. The Balaban J connectivity index is 1.61. The highest BCUT2D eigenvalue weighted by atomic mass is 32.1. The summed E-state index contributed by atoms with van der Waals surface area (Å²) in [5.41, 5.74) is 1.07. The van der Waals surface area contributed by atoms with E-state index in [-0.39, 0.29) is 31.8 Å². The van der Waals surface area contributed by atoms with Crippen LogP contribution in [0.25, 0.3) is 16.0 Å². The van der Waals surface area contributed by atoms with E-state index in [1.54, 1.807) is 12.1 Å². The van der Waals surface area contributed by atoms with Gasteiger partial charge in [0.1, 0.15) is 21.6 Å². The molecule has 0 saturated carbocycles. The molecule has 0 bridgehead atoms. The first kappa shape index (κ1) is 16.7. The lowest BCUT2D eigenvalue weighted by Crippen LogP contribution is -2.42. The van der Waals surface area contributed by atoms with Crippen LogP contribution in [0, 0.1) is 11.3 Å². The molecule has 5 nitrogen and oxygen atoms in total. The standard InChI is InChI=1S/C18H14F2N4OS/c19-18(20)4-7-23(8-5-18)17(25)13-9-12-3-6-24(16(12)22-11-13)15-2-1-14(10-21)26-15/h1-3,6,9,11H,4-5,7-8H2. The van der Waals surface area contributed by atoms with E-state index in [1.165, 1.54) is 22.4 Å². The van der Waals surface area contributed by atoms with Crippen LogP contribution in [0.4, 0.5) is 8.78 Å². The first-order valence-corrected chi connectivity index (χ1v) is 8.93. The van der Waals surface area contributed by atoms with Gasteiger partial charge in [0, 0.05) is 43.7 Å². The van der Waals surface area contributed by atoms with Crippen molar-refractivity contribution in [1.29, 1.82) is 5.26 Å². The molecule has 0 N–H and O–H groups in total. The summed E-state index contributed by atoms with van der Waals surface area (Å²) in [7, 11) is 0. The van der Waals surface area contributed by atoms with E-state index in [4.69, 9.17) is 5.26 Å². The number of nitriles is 1. The molecule has 1 aliphatic heterocycles. The van der Waals surface area contributed by atoms with Crippen LogP contribution in [0.1, 0.15) is 28.1 Å². The number of amides is 1. The average Bonchev–Trinajstić information content (AvgIpc) is 3.27. The van der Waals surface area contributed by atoms with Crippen molar-refractivity contribution < 1.29 is 13.6 Å². The van der Waals surface area contributed by atoms with Crippen LogP contribution >= 0.6 is 11.3 Å². The molecule has 0 radical (unpaired) electrons. The maximum atomic E-state index is 13.3. The molecule has 4 rings (SSSR count). The number of piperidine rings is 1. The van der Waals surface area contributed by atoms with Gasteiger partial charge in [-0.1, -0.05) is 0 Å². The third-order valence-corrected chi connectivity index (χ3v) is 5.48. The molecule has 3 aromatic heterocycles. The van der Waals surface area contributed by atoms with Gasteiger partial charge in [0.2, 0.25) is 0 Å². The summed E-state index contributed by atoms with van der Waals surface area (Å²) >= 11 is 1.35. The number of alkyl halides is 2. The molecule has 1 fully saturated rings. The summed E-state index contributed by atoms with van der Waals surface area (Å²) in [6, 6.07) is 9.27. The Bertz CT molecular complexity index is 1020. The smallest absolute Gasteiger partial charge is 0.255 e. The lowest BCUT2D eigenvalue weighted by molar-refractivity contribution is -0.0494. The van der Waals surface area contributed by atoms with Crippen LogP contribution in [-0.2, 0) is 0 Å². The summed E-state index contributed by atoms with van der Waals surface area (Å²) in [4.78, 5) is 19.0. The monoisotopic (exact) mass is 372 g/mol. The fourth-order valence-electron chi connectivity index (χ4n) is 3.06. The second-order valence-corrected chi connectivity index (χ2v) is 7.28. The molecule has 26 heavy (non-hydrogen) atoms. The van der Waals surface area contributed by atoms with Gasteiger partial charge in [-0.05, 0) is 24.3 Å². The van der Waals surface area contributed by atoms with Gasteiger partial charge in [0.05, 0.1) is 5.56 Å². The summed E-state index contributed by atoms with van der Waals surface area (Å²) in [6.07, 6.45) is 2.71. The van der Waals surface area contributed by atoms with Crippen molar-refractivity contribution >= 4 is 28.3 Å². The number of nitrogens with zero attached hydrogens (tertiary/aromatic N) is 4. The van der Waals surface area contributed by atoms with E-state index in [0.29, 0.717) is 16.1 Å². The predicted octanol–water partition coefficient (Wildman–Crippen LogP) is 3.83. The third kappa shape index (κ3) is 2.95. The molecule has 0 unspecified atom stereocenters. The second kappa shape index (κ2) is 6.18. The molecule has 4 heterocycles. The molecule has 0 aliphatic carbocycles. The van der Waals surface area contributed by atoms with Gasteiger partial charge in [-0.2, -0.15) is 5.26 Å². The highest BCUT2D eigenvalue weighted by Gasteiger charge is 2.35. The van der Waals surface area contributed by atoms with Crippen LogP contribution in [0.5, 0.6) is 0 Å². The van der Waals surface area contributed by atoms with Crippen molar-refractivity contribution in [2.75, 3.05) is 13.1 Å². The summed E-state index contributed by atoms with van der Waals surface area (Å²) < 4.78 is 28.4. The molecule has 0 spiro atoms. The summed E-state index contributed by atoms with van der Waals surface area (Å²) in [5, 5.41) is 10.6. The molecule has 0 aromatic carbocycles. The molecule has 1 saturated heterocycles. The van der Waals surface area contributed by atoms with Gasteiger partial charge in [0.15, 0.2) is 0 Å². The maximum absolute atomic E-state index is 13.3. The van der Waals surface area contributed by atoms with Crippen molar-refractivity contribution in [3.63, 3.8) is 0 Å². The average molecular weight is 372 g/mol. The number of hydrogen-bond donors (Lipinski definition) is 0. The lowest BCUT2D eigenvalue weighted by atomic mass is 10.1. The van der Waals surface area contributed by atoms with Crippen molar-refractivity contribution in [3.05, 3.63) is 47.1 Å². The van der Waals surface area contributed by atoms with Crippen LogP contribution in [-0.4, -0.2) is 39.4 Å². The highest BCUT2D eigenvalue weighted by molar-refractivity contribution is 7.15. The van der Waals surface area contributed by atoms with Crippen LogP contribution in [0.15, 0.2) is 36.7 Å². The maximum Gasteiger partial charge on any atom is 0.255 e. The minimum absolute atomic E-state index is 0.0526. The minimum Gasteiger partial charge on any atom is -0.338 e. The second-order valence-electron chi connectivity index (χ2n) is 6.22. The van der Waals surface area contributed by atoms with E-state index in [1.807, 2.05) is 22.9 Å². The molecule has 8 heteroatoms. The SMILES string of the molecule is N#Cc1ccc(-n2ccc3cc(C(=O)N4CCC(F)(F)CC4)cnc32)s1. The van der Waals surface area contributed by atoms with Gasteiger partial charge >= 0.3 is 0 Å². The first-order valence-electron chi connectivity index (χ1n) is 8.11. The molecule has 132 valence electrons. The van der Waals surface area contributed by atoms with Gasteiger partial charge < -0.3 is 4.90 Å². The molecule has 3 aromatic rings. The first-order chi connectivity index (χ1) is 12.5. The number of halogens is 2. The fraction of sp³-hybridized carbons (Fsp3) is 0.278. The molecular weight excluding hydrogens is 358 g/mol. The zero-order valence-corrected chi connectivity index (χ0v) is 14.5. The molecule has 0 atom stereocenters. The summed E-state index contributed by atoms with van der Waals surface area (Å²) in [5.74, 6) is -2.95. The Hall–Kier alpha value is -2.79. The molecular formula is C18H14F2N4OS. The van der Waals surface area contributed by atoms with Crippen molar-refractivity contribution in [3.8, 4) is 11.1 Å². The lowest BCUT2D eigenvalue weighted by Gasteiger charge is -2.31. The Kier molecular flexibility index (Phi) is 3.96. The third-order valence-electron chi connectivity index (χ3n) is 4.50. The number of carbonyl (C=O) groups excluding carboxylic acids is 1. The van der Waals surface area contributed by atoms with E-state index in [2.05, 4.69) is 11.1 Å². The number of hydrogen-bond acceptors (Lipinski definition) is 4. The predicted molar refractivity (Wildman–Crippen MR) is 93.7 cm³/mol. The van der Waals surface area contributed by atoms with Crippen LogP contribution < -0.4 is 0 Å². The van der Waals surface area contributed by atoms with E-state index in [0.717, 1.165) is 10.4 Å². The zero-order valence-electron chi connectivity index (χ0n) is 13.7. The topological polar surface area (TPSA) is 61.9 Å². The molecule has 1 amide bonds. The number of fused-ring (bicyclic) bond motifs is 1. The Morgan fingerprint density at radius 1 is 1.27 bits per heavy atom. The number of thiophene rings is 1. The van der Waals surface area contributed by atoms with E-state index >= 15 is 0 Å². The number of likely N-dealkylation sites (tertiary alicyclic amines) is 1. The van der Waals surface area contributed by atoms with Crippen LogP contribution in [0.2, 0.25) is 0 Å². The summed E-state index contributed by atoms with van der Waals surface area (Å²) in [6.45, 7) is 0.105. The van der Waals surface area contributed by atoms with Gasteiger partial charge in [-0.3, -0.25) is 9.36 Å². The molecule has 1 aliphatic rings. The van der Waals surface area contributed by atoms with Crippen molar-refractivity contribution in [1.82, 2.24) is 14.5 Å². The van der Waals surface area contributed by atoms with Gasteiger partial charge in [-0.15, -0.1) is 11.3 Å².